The number of amides is 2. The van der Waals surface area contributed by atoms with Crippen molar-refractivity contribution in [2.75, 3.05) is 6.54 Å². The van der Waals surface area contributed by atoms with Crippen molar-refractivity contribution in [1.82, 2.24) is 10.2 Å². The fraction of sp³-hybridized carbons (Fsp3) is 0.310. The molecule has 1 atom stereocenters. The van der Waals surface area contributed by atoms with E-state index in [0.717, 1.165) is 34.2 Å². The molecule has 0 bridgehead atoms. The van der Waals surface area contributed by atoms with E-state index in [4.69, 9.17) is 0 Å². The van der Waals surface area contributed by atoms with Gasteiger partial charge in [0, 0.05) is 19.5 Å². The van der Waals surface area contributed by atoms with E-state index in [1.165, 1.54) is 0 Å². The van der Waals surface area contributed by atoms with Gasteiger partial charge in [0.15, 0.2) is 0 Å². The highest BCUT2D eigenvalue weighted by atomic mass is 16.2. The largest absolute Gasteiger partial charge is 0.354 e. The van der Waals surface area contributed by atoms with E-state index in [-0.39, 0.29) is 18.2 Å². The lowest BCUT2D eigenvalue weighted by Crippen LogP contribution is -2.51. The fourth-order valence-corrected chi connectivity index (χ4v) is 3.96. The van der Waals surface area contributed by atoms with Crippen molar-refractivity contribution in [3.63, 3.8) is 0 Å². The number of nitrogens with zero attached hydrogens (tertiary/aromatic N) is 1. The van der Waals surface area contributed by atoms with E-state index in [2.05, 4.69) is 5.32 Å². The molecule has 2 amide bonds. The molecule has 3 aromatic rings. The van der Waals surface area contributed by atoms with E-state index in [1.807, 2.05) is 99.6 Å². The van der Waals surface area contributed by atoms with Gasteiger partial charge < -0.3 is 10.2 Å². The lowest BCUT2D eigenvalue weighted by molar-refractivity contribution is -0.140. The monoisotopic (exact) mass is 442 g/mol. The molecule has 0 heterocycles. The maximum Gasteiger partial charge on any atom is 0.243 e. The van der Waals surface area contributed by atoms with Crippen LogP contribution in [0.15, 0.2) is 78.9 Å². The van der Waals surface area contributed by atoms with Gasteiger partial charge in [-0.3, -0.25) is 9.59 Å². The maximum absolute atomic E-state index is 13.7. The number of carbonyl (C=O) groups excluding carboxylic acids is 2. The van der Waals surface area contributed by atoms with Crippen molar-refractivity contribution in [3.8, 4) is 0 Å². The summed E-state index contributed by atoms with van der Waals surface area (Å²) in [4.78, 5) is 28.8. The van der Waals surface area contributed by atoms with Crippen molar-refractivity contribution in [3.05, 3.63) is 107 Å². The summed E-state index contributed by atoms with van der Waals surface area (Å²) in [5, 5.41) is 3.03. The number of aryl methyl sites for hydroxylation is 2. The van der Waals surface area contributed by atoms with Gasteiger partial charge >= 0.3 is 0 Å². The number of carbonyl (C=O) groups is 2. The summed E-state index contributed by atoms with van der Waals surface area (Å²) in [6, 6.07) is 25.3. The van der Waals surface area contributed by atoms with E-state index in [9.17, 15) is 9.59 Å². The van der Waals surface area contributed by atoms with Gasteiger partial charge in [-0.25, -0.2) is 0 Å². The Morgan fingerprint density at radius 3 is 2.00 bits per heavy atom. The number of rotatable bonds is 10. The lowest BCUT2D eigenvalue weighted by Gasteiger charge is -2.32. The van der Waals surface area contributed by atoms with Crippen LogP contribution in [-0.2, 0) is 29.0 Å². The molecule has 0 fully saturated rings. The fourth-order valence-electron chi connectivity index (χ4n) is 3.96. The third kappa shape index (κ3) is 6.79. The molecule has 0 aliphatic carbocycles. The van der Waals surface area contributed by atoms with Crippen molar-refractivity contribution >= 4 is 11.8 Å². The van der Waals surface area contributed by atoms with E-state index in [1.54, 1.807) is 4.90 Å². The van der Waals surface area contributed by atoms with Gasteiger partial charge in [-0.2, -0.15) is 0 Å². The molecule has 4 heteroatoms. The Hall–Kier alpha value is -3.40. The minimum Gasteiger partial charge on any atom is -0.354 e. The average molecular weight is 443 g/mol. The van der Waals surface area contributed by atoms with Crippen LogP contribution in [0.25, 0.3) is 0 Å². The second-order valence-electron chi connectivity index (χ2n) is 8.55. The molecule has 0 aromatic heterocycles. The average Bonchev–Trinajstić information content (AvgIpc) is 2.83. The van der Waals surface area contributed by atoms with Gasteiger partial charge in [-0.05, 0) is 48.1 Å². The second kappa shape index (κ2) is 12.0. The van der Waals surface area contributed by atoms with Crippen LogP contribution in [0.1, 0.15) is 41.2 Å². The lowest BCUT2D eigenvalue weighted by atomic mass is 9.99. The first-order chi connectivity index (χ1) is 16.0. The Balaban J connectivity index is 1.97. The topological polar surface area (TPSA) is 49.4 Å². The summed E-state index contributed by atoms with van der Waals surface area (Å²) < 4.78 is 0. The standard InChI is InChI=1S/C29H34N2O2/c1-4-18-30-29(33)27(19-24-14-6-5-7-15-24)31(21-26-17-11-9-13-23(26)3)28(32)20-25-16-10-8-12-22(25)2/h5-17,27H,4,18-21H2,1-3H3,(H,30,33)/t27-/m0/s1. The molecule has 0 aliphatic rings. The first kappa shape index (κ1) is 24.2. The van der Waals surface area contributed by atoms with E-state index < -0.39 is 6.04 Å². The minimum absolute atomic E-state index is 0.0415. The molecular weight excluding hydrogens is 408 g/mol. The molecule has 0 unspecified atom stereocenters. The normalized spacial score (nSPS) is 11.6. The van der Waals surface area contributed by atoms with Gasteiger partial charge in [0.2, 0.25) is 11.8 Å². The van der Waals surface area contributed by atoms with Crippen LogP contribution >= 0.6 is 0 Å². The molecule has 0 saturated carbocycles. The predicted octanol–water partition coefficient (Wildman–Crippen LogP) is 5.01. The first-order valence-electron chi connectivity index (χ1n) is 11.7. The summed E-state index contributed by atoms with van der Waals surface area (Å²) in [5.74, 6) is -0.146. The summed E-state index contributed by atoms with van der Waals surface area (Å²) in [6.45, 7) is 7.08. The van der Waals surface area contributed by atoms with Gasteiger partial charge in [0.1, 0.15) is 6.04 Å². The van der Waals surface area contributed by atoms with E-state index >= 15 is 0 Å². The molecule has 33 heavy (non-hydrogen) atoms. The minimum atomic E-state index is -0.588. The van der Waals surface area contributed by atoms with Gasteiger partial charge in [0.05, 0.1) is 6.42 Å². The molecule has 3 rings (SSSR count). The first-order valence-corrected chi connectivity index (χ1v) is 11.7. The van der Waals surface area contributed by atoms with Crippen LogP contribution in [0.3, 0.4) is 0 Å². The molecule has 0 aliphatic heterocycles. The summed E-state index contributed by atoms with van der Waals surface area (Å²) in [5.41, 5.74) is 5.27. The van der Waals surface area contributed by atoms with Crippen molar-refractivity contribution < 1.29 is 9.59 Å². The molecule has 0 spiro atoms. The van der Waals surface area contributed by atoms with Crippen molar-refractivity contribution in [2.45, 2.75) is 52.6 Å². The Bertz CT molecular complexity index is 1060. The number of benzene rings is 3. The SMILES string of the molecule is CCCNC(=O)[C@H](Cc1ccccc1)N(Cc1ccccc1C)C(=O)Cc1ccccc1C. The highest BCUT2D eigenvalue weighted by Gasteiger charge is 2.30. The molecule has 172 valence electrons. The van der Waals surface area contributed by atoms with Gasteiger partial charge in [0.25, 0.3) is 0 Å². The zero-order valence-electron chi connectivity index (χ0n) is 19.9. The Kier molecular flexibility index (Phi) is 8.82. The van der Waals surface area contributed by atoms with Crippen molar-refractivity contribution in [1.29, 1.82) is 0 Å². The summed E-state index contributed by atoms with van der Waals surface area (Å²) in [7, 11) is 0. The smallest absolute Gasteiger partial charge is 0.243 e. The maximum atomic E-state index is 13.7. The second-order valence-corrected chi connectivity index (χ2v) is 8.55. The van der Waals surface area contributed by atoms with Crippen LogP contribution in [0.4, 0.5) is 0 Å². The zero-order chi connectivity index (χ0) is 23.6. The highest BCUT2D eigenvalue weighted by molar-refractivity contribution is 5.89. The van der Waals surface area contributed by atoms with Gasteiger partial charge in [-0.1, -0.05) is 85.8 Å². The number of hydrogen-bond donors (Lipinski definition) is 1. The van der Waals surface area contributed by atoms with Crippen LogP contribution in [0, 0.1) is 13.8 Å². The van der Waals surface area contributed by atoms with Crippen LogP contribution in [0.5, 0.6) is 0 Å². The Labute approximate surface area is 197 Å². The zero-order valence-corrected chi connectivity index (χ0v) is 19.9. The van der Waals surface area contributed by atoms with E-state index in [0.29, 0.717) is 19.5 Å². The molecule has 3 aromatic carbocycles. The summed E-state index contributed by atoms with van der Waals surface area (Å²) >= 11 is 0. The van der Waals surface area contributed by atoms with Crippen LogP contribution in [0.2, 0.25) is 0 Å². The third-order valence-electron chi connectivity index (χ3n) is 6.03. The molecular formula is C29H34N2O2. The molecule has 0 radical (unpaired) electrons. The number of hydrogen-bond acceptors (Lipinski definition) is 2. The predicted molar refractivity (Wildman–Crippen MR) is 134 cm³/mol. The molecule has 4 nitrogen and oxygen atoms in total. The van der Waals surface area contributed by atoms with Gasteiger partial charge in [-0.15, -0.1) is 0 Å². The molecule has 1 N–H and O–H groups in total. The van der Waals surface area contributed by atoms with Crippen molar-refractivity contribution in [2.24, 2.45) is 0 Å². The Morgan fingerprint density at radius 1 is 0.818 bits per heavy atom. The quantitative estimate of drug-likeness (QED) is 0.480. The third-order valence-corrected chi connectivity index (χ3v) is 6.03. The number of nitrogens with one attached hydrogen (secondary N) is 1. The van der Waals surface area contributed by atoms with Crippen LogP contribution < -0.4 is 5.32 Å². The van der Waals surface area contributed by atoms with Crippen LogP contribution in [-0.4, -0.2) is 29.3 Å². The Morgan fingerprint density at radius 2 is 1.39 bits per heavy atom. The highest BCUT2D eigenvalue weighted by Crippen LogP contribution is 2.19. The summed E-state index contributed by atoms with van der Waals surface area (Å²) in [6.07, 6.45) is 1.59. The molecule has 0 saturated heterocycles.